The molecule has 2 N–H and O–H groups in total. The molecule has 9 heteroatoms. The molecule has 0 aliphatic carbocycles. The Bertz CT molecular complexity index is 1420. The Morgan fingerprint density at radius 2 is 2.00 bits per heavy atom. The predicted molar refractivity (Wildman–Crippen MR) is 113 cm³/mol. The van der Waals surface area contributed by atoms with E-state index in [-0.39, 0.29) is 23.2 Å². The molecule has 4 rings (SSSR count). The van der Waals surface area contributed by atoms with Crippen LogP contribution in [-0.2, 0) is 9.53 Å². The quantitative estimate of drug-likeness (QED) is 0.472. The Hall–Kier alpha value is -4.14. The maximum absolute atomic E-state index is 13.2. The van der Waals surface area contributed by atoms with E-state index in [1.807, 2.05) is 0 Å². The molecule has 0 aliphatic heterocycles. The second kappa shape index (κ2) is 7.94. The summed E-state index contributed by atoms with van der Waals surface area (Å²) in [6, 6.07) is 11.6. The van der Waals surface area contributed by atoms with Crippen LogP contribution in [0.4, 0.5) is 0 Å². The Morgan fingerprint density at radius 1 is 1.19 bits per heavy atom. The molecule has 1 atom stereocenters. The minimum absolute atomic E-state index is 0.122. The van der Waals surface area contributed by atoms with Crippen LogP contribution in [0.15, 0.2) is 58.3 Å². The van der Waals surface area contributed by atoms with Crippen molar-refractivity contribution in [1.82, 2.24) is 14.4 Å². The van der Waals surface area contributed by atoms with Gasteiger partial charge in [0.2, 0.25) is 5.88 Å². The number of esters is 1. The zero-order valence-electron chi connectivity index (χ0n) is 16.8. The number of hydrogen-bond donors (Lipinski definition) is 2. The maximum Gasteiger partial charge on any atom is 0.306 e. The van der Waals surface area contributed by atoms with Gasteiger partial charge in [0, 0.05) is 28.6 Å². The fourth-order valence-corrected chi connectivity index (χ4v) is 3.60. The molecule has 0 radical (unpaired) electrons. The molecule has 1 aromatic carbocycles. The standard InChI is InChI=1S/C22H19N3O6/c1-30-13-6-7-16-12(9-13)10-15(20(27)23-16)14(11-18(26)31-2)19-21(28)24-17-5-3-4-8-25(17)22(19)29/h3-10,14,28H,11H2,1-2H3,(H,23,27)/t14-/m1/s1. The summed E-state index contributed by atoms with van der Waals surface area (Å²) in [5, 5.41) is 11.2. The van der Waals surface area contributed by atoms with Gasteiger partial charge < -0.3 is 19.6 Å². The monoisotopic (exact) mass is 421 g/mol. The normalized spacial score (nSPS) is 12.1. The lowest BCUT2D eigenvalue weighted by atomic mass is 9.89. The van der Waals surface area contributed by atoms with Crippen molar-refractivity contribution in [3.63, 3.8) is 0 Å². The zero-order valence-corrected chi connectivity index (χ0v) is 16.8. The third-order valence-electron chi connectivity index (χ3n) is 5.15. The molecular weight excluding hydrogens is 402 g/mol. The molecule has 0 aliphatic rings. The van der Waals surface area contributed by atoms with Crippen LogP contribution in [0.5, 0.6) is 11.6 Å². The van der Waals surface area contributed by atoms with Crippen molar-refractivity contribution in [2.45, 2.75) is 12.3 Å². The number of aromatic hydroxyl groups is 1. The number of hydrogen-bond acceptors (Lipinski definition) is 7. The summed E-state index contributed by atoms with van der Waals surface area (Å²) in [6.07, 6.45) is 1.16. The number of rotatable bonds is 5. The first-order chi connectivity index (χ1) is 14.9. The van der Waals surface area contributed by atoms with Crippen LogP contribution in [-0.4, -0.2) is 39.7 Å². The van der Waals surface area contributed by atoms with Gasteiger partial charge >= 0.3 is 5.97 Å². The molecule has 0 saturated carbocycles. The molecule has 0 amide bonds. The smallest absolute Gasteiger partial charge is 0.306 e. The number of aromatic nitrogens is 3. The van der Waals surface area contributed by atoms with Crippen LogP contribution in [0.1, 0.15) is 23.5 Å². The van der Waals surface area contributed by atoms with Crippen LogP contribution in [0, 0.1) is 0 Å². The molecule has 3 heterocycles. The van der Waals surface area contributed by atoms with Gasteiger partial charge in [0.05, 0.1) is 26.2 Å². The molecule has 0 spiro atoms. The van der Waals surface area contributed by atoms with E-state index in [1.54, 1.807) is 42.5 Å². The van der Waals surface area contributed by atoms with Crippen LogP contribution in [0.25, 0.3) is 16.6 Å². The van der Waals surface area contributed by atoms with Crippen LogP contribution in [0.2, 0.25) is 0 Å². The number of methoxy groups -OCH3 is 2. The molecule has 0 bridgehead atoms. The summed E-state index contributed by atoms with van der Waals surface area (Å²) in [5.74, 6) is -1.70. The van der Waals surface area contributed by atoms with Crippen molar-refractivity contribution in [2.24, 2.45) is 0 Å². The minimum atomic E-state index is -1.08. The highest BCUT2D eigenvalue weighted by atomic mass is 16.5. The number of carbonyl (C=O) groups excluding carboxylic acids is 1. The summed E-state index contributed by atoms with van der Waals surface area (Å²) in [4.78, 5) is 45.1. The number of ether oxygens (including phenoxy) is 2. The van der Waals surface area contributed by atoms with Crippen molar-refractivity contribution < 1.29 is 19.4 Å². The number of aromatic amines is 1. The van der Waals surface area contributed by atoms with E-state index in [9.17, 15) is 19.5 Å². The Labute approximate surface area is 175 Å². The van der Waals surface area contributed by atoms with Crippen molar-refractivity contribution in [1.29, 1.82) is 0 Å². The highest BCUT2D eigenvalue weighted by Crippen LogP contribution is 2.31. The lowest BCUT2D eigenvalue weighted by Crippen LogP contribution is -2.27. The summed E-state index contributed by atoms with van der Waals surface area (Å²) in [6.45, 7) is 0. The van der Waals surface area contributed by atoms with E-state index >= 15 is 0 Å². The van der Waals surface area contributed by atoms with Crippen LogP contribution >= 0.6 is 0 Å². The number of pyridine rings is 2. The Balaban J connectivity index is 2.00. The van der Waals surface area contributed by atoms with Gasteiger partial charge in [-0.1, -0.05) is 6.07 Å². The third-order valence-corrected chi connectivity index (χ3v) is 5.15. The number of fused-ring (bicyclic) bond motifs is 2. The van der Waals surface area contributed by atoms with Crippen molar-refractivity contribution in [3.8, 4) is 11.6 Å². The molecule has 3 aromatic heterocycles. The molecular formula is C22H19N3O6. The number of nitrogens with zero attached hydrogens (tertiary/aromatic N) is 2. The summed E-state index contributed by atoms with van der Waals surface area (Å²) in [7, 11) is 2.73. The van der Waals surface area contributed by atoms with E-state index < -0.39 is 28.9 Å². The maximum atomic E-state index is 13.2. The number of benzene rings is 1. The Kier molecular flexibility index (Phi) is 5.16. The molecule has 0 fully saturated rings. The summed E-state index contributed by atoms with van der Waals surface area (Å²) >= 11 is 0. The fraction of sp³-hybridized carbons (Fsp3) is 0.182. The van der Waals surface area contributed by atoms with Gasteiger partial charge in [-0.25, -0.2) is 0 Å². The van der Waals surface area contributed by atoms with Crippen LogP contribution in [0.3, 0.4) is 0 Å². The van der Waals surface area contributed by atoms with E-state index in [1.165, 1.54) is 24.8 Å². The highest BCUT2D eigenvalue weighted by molar-refractivity contribution is 5.81. The highest BCUT2D eigenvalue weighted by Gasteiger charge is 2.29. The fourth-order valence-electron chi connectivity index (χ4n) is 3.60. The lowest BCUT2D eigenvalue weighted by molar-refractivity contribution is -0.140. The second-order valence-electron chi connectivity index (χ2n) is 6.92. The molecule has 0 unspecified atom stereocenters. The predicted octanol–water partition coefficient (Wildman–Crippen LogP) is 1.95. The van der Waals surface area contributed by atoms with E-state index in [4.69, 9.17) is 9.47 Å². The van der Waals surface area contributed by atoms with Gasteiger partial charge in [-0.05, 0) is 36.4 Å². The number of nitrogens with one attached hydrogen (secondary N) is 1. The van der Waals surface area contributed by atoms with E-state index in [0.29, 0.717) is 16.7 Å². The first kappa shape index (κ1) is 20.1. The number of H-pyrrole nitrogens is 1. The lowest BCUT2D eigenvalue weighted by Gasteiger charge is -2.17. The number of carbonyl (C=O) groups is 1. The van der Waals surface area contributed by atoms with Crippen molar-refractivity contribution in [2.75, 3.05) is 14.2 Å². The van der Waals surface area contributed by atoms with E-state index in [0.717, 1.165) is 0 Å². The van der Waals surface area contributed by atoms with E-state index in [2.05, 4.69) is 9.97 Å². The van der Waals surface area contributed by atoms with Gasteiger partial charge in [0.15, 0.2) is 0 Å². The molecule has 4 aromatic rings. The molecule has 31 heavy (non-hydrogen) atoms. The van der Waals surface area contributed by atoms with Gasteiger partial charge in [0.25, 0.3) is 11.1 Å². The van der Waals surface area contributed by atoms with Gasteiger partial charge in [-0.15, -0.1) is 0 Å². The van der Waals surface area contributed by atoms with Gasteiger partial charge in [0.1, 0.15) is 11.4 Å². The van der Waals surface area contributed by atoms with Crippen LogP contribution < -0.4 is 15.9 Å². The molecule has 0 saturated heterocycles. The minimum Gasteiger partial charge on any atom is -0.497 e. The van der Waals surface area contributed by atoms with Crippen molar-refractivity contribution >= 4 is 22.5 Å². The SMILES string of the molecule is COC(=O)C[C@H](c1cc2cc(OC)ccc2[nH]c1=O)c1c(O)nc2ccccn2c1=O. The summed E-state index contributed by atoms with van der Waals surface area (Å²) in [5.41, 5.74) is -0.324. The van der Waals surface area contributed by atoms with Gasteiger partial charge in [-0.2, -0.15) is 4.98 Å². The molecule has 9 nitrogen and oxygen atoms in total. The second-order valence-corrected chi connectivity index (χ2v) is 6.92. The Morgan fingerprint density at radius 3 is 2.74 bits per heavy atom. The zero-order chi connectivity index (χ0) is 22.1. The van der Waals surface area contributed by atoms with Crippen molar-refractivity contribution in [3.05, 3.63) is 80.5 Å². The average Bonchev–Trinajstić information content (AvgIpc) is 2.77. The third kappa shape index (κ3) is 3.61. The van der Waals surface area contributed by atoms with Gasteiger partial charge in [-0.3, -0.25) is 18.8 Å². The molecule has 158 valence electrons. The first-order valence-electron chi connectivity index (χ1n) is 9.41. The average molecular weight is 421 g/mol. The topological polar surface area (TPSA) is 123 Å². The largest absolute Gasteiger partial charge is 0.497 e. The summed E-state index contributed by atoms with van der Waals surface area (Å²) < 4.78 is 11.3. The first-order valence-corrected chi connectivity index (χ1v) is 9.41.